The Bertz CT molecular complexity index is 688. The summed E-state index contributed by atoms with van der Waals surface area (Å²) < 4.78 is 28.0. The molecule has 0 heterocycles. The molecule has 22 heavy (non-hydrogen) atoms. The van der Waals surface area contributed by atoms with Crippen LogP contribution in [0.25, 0.3) is 0 Å². The maximum absolute atomic E-state index is 12.7. The van der Waals surface area contributed by atoms with Crippen LogP contribution in [0.1, 0.15) is 30.4 Å². The third-order valence-corrected chi connectivity index (χ3v) is 5.92. The van der Waals surface area contributed by atoms with Gasteiger partial charge in [0.25, 0.3) is 5.69 Å². The van der Waals surface area contributed by atoms with Crippen LogP contribution >= 0.6 is 0 Å². The Kier molecular flexibility index (Phi) is 4.84. The predicted molar refractivity (Wildman–Crippen MR) is 83.1 cm³/mol. The van der Waals surface area contributed by atoms with Gasteiger partial charge >= 0.3 is 0 Å². The number of hydrogen-bond donors (Lipinski definition) is 2. The minimum absolute atomic E-state index is 0.0824. The fourth-order valence-corrected chi connectivity index (χ4v) is 4.88. The van der Waals surface area contributed by atoms with E-state index in [-0.39, 0.29) is 22.5 Å². The zero-order valence-corrected chi connectivity index (χ0v) is 13.5. The van der Waals surface area contributed by atoms with Crippen molar-refractivity contribution in [2.75, 3.05) is 6.54 Å². The summed E-state index contributed by atoms with van der Waals surface area (Å²) in [6.07, 6.45) is 2.49. The number of nitro groups is 1. The van der Waals surface area contributed by atoms with Gasteiger partial charge in [-0.25, -0.2) is 13.1 Å². The molecule has 0 aliphatic heterocycles. The number of aryl methyl sites for hydroxylation is 2. The third kappa shape index (κ3) is 3.13. The molecule has 7 nitrogen and oxygen atoms in total. The molecule has 0 bridgehead atoms. The predicted octanol–water partition coefficient (Wildman–Crippen LogP) is 1.62. The van der Waals surface area contributed by atoms with Crippen LogP contribution in [0.5, 0.6) is 0 Å². The molecular weight excluding hydrogens is 306 g/mol. The lowest BCUT2D eigenvalue weighted by Crippen LogP contribution is -2.40. The maximum Gasteiger partial charge on any atom is 0.292 e. The Morgan fingerprint density at radius 1 is 1.32 bits per heavy atom. The van der Waals surface area contributed by atoms with E-state index in [4.69, 9.17) is 5.73 Å². The summed E-state index contributed by atoms with van der Waals surface area (Å²) in [4.78, 5) is 10.4. The Labute approximate surface area is 130 Å². The number of nitrogens with zero attached hydrogens (tertiary/aromatic N) is 1. The van der Waals surface area contributed by atoms with Crippen molar-refractivity contribution in [3.63, 3.8) is 0 Å². The molecule has 0 saturated heterocycles. The van der Waals surface area contributed by atoms with Crippen LogP contribution in [-0.2, 0) is 10.0 Å². The SMILES string of the molecule is Cc1ccc(C)c(S(=O)(=O)NC2CCCC2CN)c1[N+](=O)[O-]. The maximum atomic E-state index is 12.7. The minimum atomic E-state index is -3.96. The second-order valence-corrected chi connectivity index (χ2v) is 7.44. The fourth-order valence-electron chi connectivity index (χ4n) is 3.07. The van der Waals surface area contributed by atoms with Crippen LogP contribution in [-0.4, -0.2) is 25.9 Å². The van der Waals surface area contributed by atoms with Gasteiger partial charge in [-0.2, -0.15) is 0 Å². The number of nitro benzene ring substituents is 1. The molecule has 1 fully saturated rings. The van der Waals surface area contributed by atoms with Crippen LogP contribution in [0.3, 0.4) is 0 Å². The average molecular weight is 327 g/mol. The topological polar surface area (TPSA) is 115 Å². The summed E-state index contributed by atoms with van der Waals surface area (Å²) in [5.74, 6) is 0.0824. The van der Waals surface area contributed by atoms with Gasteiger partial charge in [-0.1, -0.05) is 18.6 Å². The molecule has 2 atom stereocenters. The van der Waals surface area contributed by atoms with Gasteiger partial charge in [-0.15, -0.1) is 0 Å². The van der Waals surface area contributed by atoms with Crippen LogP contribution in [0.2, 0.25) is 0 Å². The van der Waals surface area contributed by atoms with Crippen molar-refractivity contribution in [1.29, 1.82) is 0 Å². The lowest BCUT2D eigenvalue weighted by atomic mass is 10.1. The zero-order chi connectivity index (χ0) is 16.5. The smallest absolute Gasteiger partial charge is 0.292 e. The molecule has 0 aromatic heterocycles. The average Bonchev–Trinajstić information content (AvgIpc) is 2.86. The summed E-state index contributed by atoms with van der Waals surface area (Å²) >= 11 is 0. The van der Waals surface area contributed by atoms with E-state index in [1.165, 1.54) is 6.92 Å². The monoisotopic (exact) mass is 327 g/mol. The molecule has 1 aliphatic carbocycles. The Hall–Kier alpha value is -1.51. The number of rotatable bonds is 5. The van der Waals surface area contributed by atoms with Crippen molar-refractivity contribution in [3.05, 3.63) is 33.4 Å². The second-order valence-electron chi connectivity index (χ2n) is 5.79. The van der Waals surface area contributed by atoms with Crippen molar-refractivity contribution in [2.24, 2.45) is 11.7 Å². The normalized spacial score (nSPS) is 22.0. The van der Waals surface area contributed by atoms with Gasteiger partial charge in [-0.05, 0) is 44.7 Å². The quantitative estimate of drug-likeness (QED) is 0.630. The van der Waals surface area contributed by atoms with Crippen LogP contribution in [0.4, 0.5) is 5.69 Å². The Morgan fingerprint density at radius 3 is 2.55 bits per heavy atom. The third-order valence-electron chi connectivity index (χ3n) is 4.25. The van der Waals surface area contributed by atoms with E-state index in [0.717, 1.165) is 12.8 Å². The van der Waals surface area contributed by atoms with Crippen molar-refractivity contribution >= 4 is 15.7 Å². The van der Waals surface area contributed by atoms with Crippen molar-refractivity contribution in [2.45, 2.75) is 44.0 Å². The molecule has 0 spiro atoms. The van der Waals surface area contributed by atoms with Crippen molar-refractivity contribution < 1.29 is 13.3 Å². The standard InChI is InChI=1S/C14H21N3O4S/c1-9-6-7-10(2)14(13(9)17(18)19)22(20,21)16-12-5-3-4-11(12)8-15/h6-7,11-12,16H,3-5,8,15H2,1-2H3. The first kappa shape index (κ1) is 16.9. The van der Waals surface area contributed by atoms with Gasteiger partial charge < -0.3 is 5.73 Å². The molecule has 1 aromatic carbocycles. The lowest BCUT2D eigenvalue weighted by molar-refractivity contribution is -0.388. The Balaban J connectivity index is 2.46. The summed E-state index contributed by atoms with van der Waals surface area (Å²) in [7, 11) is -3.96. The summed E-state index contributed by atoms with van der Waals surface area (Å²) in [6, 6.07) is 2.89. The molecule has 1 saturated carbocycles. The number of benzene rings is 1. The molecule has 0 radical (unpaired) electrons. The molecule has 0 amide bonds. The van der Waals surface area contributed by atoms with Gasteiger partial charge in [0.2, 0.25) is 10.0 Å². The first-order valence-electron chi connectivity index (χ1n) is 7.25. The lowest BCUT2D eigenvalue weighted by Gasteiger charge is -2.20. The summed E-state index contributed by atoms with van der Waals surface area (Å²) in [5, 5.41) is 11.3. The van der Waals surface area contributed by atoms with E-state index in [0.29, 0.717) is 24.1 Å². The molecule has 3 N–H and O–H groups in total. The van der Waals surface area contributed by atoms with E-state index in [2.05, 4.69) is 4.72 Å². The van der Waals surface area contributed by atoms with Gasteiger partial charge in [0.05, 0.1) is 4.92 Å². The van der Waals surface area contributed by atoms with Crippen LogP contribution in [0.15, 0.2) is 17.0 Å². The molecule has 2 rings (SSSR count). The van der Waals surface area contributed by atoms with E-state index in [9.17, 15) is 18.5 Å². The summed E-state index contributed by atoms with van der Waals surface area (Å²) in [6.45, 7) is 3.51. The van der Waals surface area contributed by atoms with E-state index < -0.39 is 14.9 Å². The number of nitrogens with two attached hydrogens (primary N) is 1. The molecule has 8 heteroatoms. The van der Waals surface area contributed by atoms with Gasteiger partial charge in [-0.3, -0.25) is 10.1 Å². The number of hydrogen-bond acceptors (Lipinski definition) is 5. The molecule has 122 valence electrons. The Morgan fingerprint density at radius 2 is 1.95 bits per heavy atom. The van der Waals surface area contributed by atoms with E-state index in [1.54, 1.807) is 19.1 Å². The first-order chi connectivity index (χ1) is 10.3. The van der Waals surface area contributed by atoms with Crippen LogP contribution in [0, 0.1) is 29.9 Å². The zero-order valence-electron chi connectivity index (χ0n) is 12.7. The summed E-state index contributed by atoms with van der Waals surface area (Å²) in [5.41, 5.74) is 6.02. The first-order valence-corrected chi connectivity index (χ1v) is 8.73. The highest BCUT2D eigenvalue weighted by atomic mass is 32.2. The minimum Gasteiger partial charge on any atom is -0.330 e. The van der Waals surface area contributed by atoms with E-state index >= 15 is 0 Å². The molecule has 1 aromatic rings. The van der Waals surface area contributed by atoms with Gasteiger partial charge in [0, 0.05) is 11.6 Å². The van der Waals surface area contributed by atoms with Crippen molar-refractivity contribution in [1.82, 2.24) is 4.72 Å². The van der Waals surface area contributed by atoms with Gasteiger partial charge in [0.1, 0.15) is 0 Å². The largest absolute Gasteiger partial charge is 0.330 e. The highest BCUT2D eigenvalue weighted by Crippen LogP contribution is 2.32. The second kappa shape index (κ2) is 6.31. The van der Waals surface area contributed by atoms with E-state index in [1.807, 2.05) is 0 Å². The molecular formula is C14H21N3O4S. The number of nitrogens with one attached hydrogen (secondary N) is 1. The molecule has 1 aliphatic rings. The van der Waals surface area contributed by atoms with Crippen molar-refractivity contribution in [3.8, 4) is 0 Å². The number of sulfonamides is 1. The fraction of sp³-hybridized carbons (Fsp3) is 0.571. The molecule has 2 unspecified atom stereocenters. The highest BCUT2D eigenvalue weighted by molar-refractivity contribution is 7.89. The highest BCUT2D eigenvalue weighted by Gasteiger charge is 2.35. The van der Waals surface area contributed by atoms with Crippen LogP contribution < -0.4 is 10.5 Å². The van der Waals surface area contributed by atoms with Gasteiger partial charge in [0.15, 0.2) is 4.90 Å².